The second kappa shape index (κ2) is 4.30. The third kappa shape index (κ3) is 2.24. The highest BCUT2D eigenvalue weighted by molar-refractivity contribution is 9.10. The summed E-state index contributed by atoms with van der Waals surface area (Å²) in [5.74, 6) is 1.77. The van der Waals surface area contributed by atoms with Crippen LogP contribution in [-0.4, -0.2) is 16.3 Å². The maximum atomic E-state index is 4.83. The normalized spacial score (nSPS) is 20.3. The van der Waals surface area contributed by atoms with Crippen molar-refractivity contribution in [2.75, 3.05) is 11.9 Å². The molecule has 0 aliphatic carbocycles. The van der Waals surface area contributed by atoms with E-state index in [9.17, 15) is 0 Å². The van der Waals surface area contributed by atoms with E-state index in [0.29, 0.717) is 12.0 Å². The van der Waals surface area contributed by atoms with Crippen molar-refractivity contribution >= 4 is 21.7 Å². The molecule has 0 aromatic carbocycles. The molecule has 0 spiro atoms. The summed E-state index contributed by atoms with van der Waals surface area (Å²) in [4.78, 5) is 0. The molecule has 0 fully saturated rings. The smallest absolute Gasteiger partial charge is 0.139 e. The number of nitrogens with zero attached hydrogens (tertiary/aromatic N) is 2. The predicted octanol–water partition coefficient (Wildman–Crippen LogP) is 3.96. The van der Waals surface area contributed by atoms with Crippen molar-refractivity contribution in [3.8, 4) is 0 Å². The van der Waals surface area contributed by atoms with Crippen LogP contribution in [0.1, 0.15) is 52.8 Å². The zero-order chi connectivity index (χ0) is 12.8. The van der Waals surface area contributed by atoms with E-state index in [2.05, 4.69) is 60.5 Å². The zero-order valence-corrected chi connectivity index (χ0v) is 12.9. The van der Waals surface area contributed by atoms with Gasteiger partial charge in [0, 0.05) is 12.0 Å². The lowest BCUT2D eigenvalue weighted by molar-refractivity contribution is 0.319. The first-order valence-corrected chi connectivity index (χ1v) is 7.14. The molecule has 3 nitrogen and oxygen atoms in total. The van der Waals surface area contributed by atoms with Crippen LogP contribution < -0.4 is 5.32 Å². The van der Waals surface area contributed by atoms with Crippen LogP contribution in [0.3, 0.4) is 0 Å². The average Bonchev–Trinajstić information content (AvgIpc) is 2.55. The molecule has 0 saturated heterocycles. The summed E-state index contributed by atoms with van der Waals surface area (Å²) >= 11 is 3.70. The topological polar surface area (TPSA) is 29.9 Å². The van der Waals surface area contributed by atoms with Crippen LogP contribution >= 0.6 is 15.9 Å². The van der Waals surface area contributed by atoms with E-state index in [4.69, 9.17) is 5.10 Å². The van der Waals surface area contributed by atoms with E-state index in [1.165, 1.54) is 0 Å². The lowest BCUT2D eigenvalue weighted by atomic mass is 9.92. The molecule has 4 heteroatoms. The van der Waals surface area contributed by atoms with Crippen LogP contribution in [0.25, 0.3) is 0 Å². The van der Waals surface area contributed by atoms with Crippen molar-refractivity contribution in [1.29, 1.82) is 0 Å². The monoisotopic (exact) mass is 299 g/mol. The summed E-state index contributed by atoms with van der Waals surface area (Å²) in [7, 11) is 0. The molecule has 2 rings (SSSR count). The van der Waals surface area contributed by atoms with Crippen LogP contribution in [0.15, 0.2) is 4.47 Å². The Hall–Kier alpha value is -0.510. The number of hydrogen-bond donors (Lipinski definition) is 1. The summed E-state index contributed by atoms with van der Waals surface area (Å²) in [5, 5.41) is 8.29. The molecule has 1 atom stereocenters. The van der Waals surface area contributed by atoms with Crippen LogP contribution in [0.4, 0.5) is 5.82 Å². The Labute approximate surface area is 112 Å². The van der Waals surface area contributed by atoms with Gasteiger partial charge in [0.05, 0.1) is 16.2 Å². The second-order valence-electron chi connectivity index (χ2n) is 6.23. The van der Waals surface area contributed by atoms with Crippen molar-refractivity contribution in [1.82, 2.24) is 9.78 Å². The van der Waals surface area contributed by atoms with E-state index >= 15 is 0 Å². The highest BCUT2D eigenvalue weighted by atomic mass is 79.9. The van der Waals surface area contributed by atoms with Gasteiger partial charge in [0.2, 0.25) is 0 Å². The Kier molecular flexibility index (Phi) is 3.27. The molecule has 0 radical (unpaired) electrons. The number of halogens is 1. The Bertz CT molecular complexity index is 415. The maximum absolute atomic E-state index is 4.83. The van der Waals surface area contributed by atoms with Gasteiger partial charge in [0.15, 0.2) is 0 Å². The third-order valence-corrected chi connectivity index (χ3v) is 4.13. The maximum Gasteiger partial charge on any atom is 0.139 e. The minimum atomic E-state index is 0.0758. The number of rotatable bonds is 1. The number of aromatic nitrogens is 2. The van der Waals surface area contributed by atoms with Crippen molar-refractivity contribution < 1.29 is 0 Å². The first-order chi connectivity index (χ1) is 7.82. The Morgan fingerprint density at radius 2 is 2.06 bits per heavy atom. The van der Waals surface area contributed by atoms with Gasteiger partial charge in [-0.1, -0.05) is 34.6 Å². The SMILES string of the molecule is CC(C)C1CCNc2c(Br)c(C(C)(C)C)nn21. The molecule has 2 heterocycles. The largest absolute Gasteiger partial charge is 0.369 e. The summed E-state index contributed by atoms with van der Waals surface area (Å²) in [5.41, 5.74) is 1.22. The van der Waals surface area contributed by atoms with Crippen molar-refractivity contribution in [2.45, 2.75) is 52.5 Å². The van der Waals surface area contributed by atoms with Gasteiger partial charge in [0.25, 0.3) is 0 Å². The lowest BCUT2D eigenvalue weighted by Gasteiger charge is -2.28. The first kappa shape index (κ1) is 12.9. The molecular weight excluding hydrogens is 278 g/mol. The molecule has 17 heavy (non-hydrogen) atoms. The number of fused-ring (bicyclic) bond motifs is 1. The Morgan fingerprint density at radius 3 is 2.59 bits per heavy atom. The van der Waals surface area contributed by atoms with E-state index in [0.717, 1.165) is 29.0 Å². The lowest BCUT2D eigenvalue weighted by Crippen LogP contribution is -2.27. The van der Waals surface area contributed by atoms with Gasteiger partial charge in [-0.15, -0.1) is 0 Å². The Balaban J connectivity index is 2.50. The van der Waals surface area contributed by atoms with E-state index in [1.54, 1.807) is 0 Å². The van der Waals surface area contributed by atoms with Crippen molar-refractivity contribution in [3.63, 3.8) is 0 Å². The minimum Gasteiger partial charge on any atom is -0.369 e. The zero-order valence-electron chi connectivity index (χ0n) is 11.3. The van der Waals surface area contributed by atoms with Crippen LogP contribution in [0, 0.1) is 5.92 Å². The van der Waals surface area contributed by atoms with Gasteiger partial charge in [-0.05, 0) is 28.3 Å². The molecule has 1 unspecified atom stereocenters. The summed E-state index contributed by atoms with van der Waals surface area (Å²) in [6.45, 7) is 12.2. The quantitative estimate of drug-likeness (QED) is 0.851. The molecule has 0 saturated carbocycles. The van der Waals surface area contributed by atoms with Crippen LogP contribution in [0.2, 0.25) is 0 Å². The molecule has 1 N–H and O–H groups in total. The standard InChI is InChI=1S/C13H22BrN3/c1-8(2)9-6-7-15-12-10(14)11(13(3,4)5)16-17(9)12/h8-9,15H,6-7H2,1-5H3. The fourth-order valence-corrected chi connectivity index (χ4v) is 3.36. The minimum absolute atomic E-state index is 0.0758. The highest BCUT2D eigenvalue weighted by Gasteiger charge is 2.31. The Morgan fingerprint density at radius 1 is 1.41 bits per heavy atom. The van der Waals surface area contributed by atoms with Crippen LogP contribution in [0.5, 0.6) is 0 Å². The average molecular weight is 300 g/mol. The molecule has 1 aromatic rings. The molecular formula is C13H22BrN3. The van der Waals surface area contributed by atoms with Crippen molar-refractivity contribution in [2.24, 2.45) is 5.92 Å². The first-order valence-electron chi connectivity index (χ1n) is 6.34. The molecule has 1 aromatic heterocycles. The molecule has 0 amide bonds. The summed E-state index contributed by atoms with van der Waals surface area (Å²) in [6.07, 6.45) is 1.16. The van der Waals surface area contributed by atoms with E-state index in [-0.39, 0.29) is 5.41 Å². The van der Waals surface area contributed by atoms with E-state index in [1.807, 2.05) is 0 Å². The summed E-state index contributed by atoms with van der Waals surface area (Å²) in [6, 6.07) is 0.513. The van der Waals surface area contributed by atoms with Crippen LogP contribution in [-0.2, 0) is 5.41 Å². The highest BCUT2D eigenvalue weighted by Crippen LogP contribution is 2.39. The third-order valence-electron chi connectivity index (χ3n) is 3.38. The molecule has 96 valence electrons. The van der Waals surface area contributed by atoms with Gasteiger partial charge in [0.1, 0.15) is 5.82 Å². The number of anilines is 1. The van der Waals surface area contributed by atoms with E-state index < -0.39 is 0 Å². The molecule has 1 aliphatic rings. The van der Waals surface area contributed by atoms with Gasteiger partial charge in [-0.25, -0.2) is 4.68 Å². The second-order valence-corrected chi connectivity index (χ2v) is 7.03. The molecule has 1 aliphatic heterocycles. The predicted molar refractivity (Wildman–Crippen MR) is 75.6 cm³/mol. The van der Waals surface area contributed by atoms with Gasteiger partial charge < -0.3 is 5.32 Å². The number of nitrogens with one attached hydrogen (secondary N) is 1. The fourth-order valence-electron chi connectivity index (χ4n) is 2.37. The fraction of sp³-hybridized carbons (Fsp3) is 0.769. The molecule has 0 bridgehead atoms. The van der Waals surface area contributed by atoms with Gasteiger partial charge >= 0.3 is 0 Å². The summed E-state index contributed by atoms with van der Waals surface area (Å²) < 4.78 is 3.31. The van der Waals surface area contributed by atoms with Gasteiger partial charge in [-0.2, -0.15) is 5.10 Å². The number of hydrogen-bond acceptors (Lipinski definition) is 2. The van der Waals surface area contributed by atoms with Gasteiger partial charge in [-0.3, -0.25) is 0 Å². The van der Waals surface area contributed by atoms with Crippen molar-refractivity contribution in [3.05, 3.63) is 10.2 Å².